The van der Waals surface area contributed by atoms with Crippen molar-refractivity contribution in [2.24, 2.45) is 16.6 Å². The number of amides is 1. The van der Waals surface area contributed by atoms with Crippen molar-refractivity contribution in [1.29, 1.82) is 0 Å². The predicted octanol–water partition coefficient (Wildman–Crippen LogP) is 3.91. The van der Waals surface area contributed by atoms with E-state index in [2.05, 4.69) is 15.1 Å². The van der Waals surface area contributed by atoms with E-state index in [1.165, 1.54) is 17.8 Å². The average molecular weight is 440 g/mol. The highest BCUT2D eigenvalue weighted by Crippen LogP contribution is 2.37. The molecule has 1 amide bonds. The van der Waals surface area contributed by atoms with Crippen LogP contribution >= 0.6 is 11.8 Å². The van der Waals surface area contributed by atoms with Crippen LogP contribution in [0.1, 0.15) is 31.0 Å². The smallest absolute Gasteiger partial charge is 0.249 e. The minimum absolute atomic E-state index is 0.270. The van der Waals surface area contributed by atoms with Crippen LogP contribution < -0.4 is 10.5 Å². The second-order valence-electron chi connectivity index (χ2n) is 7.10. The van der Waals surface area contributed by atoms with Gasteiger partial charge >= 0.3 is 0 Å². The highest BCUT2D eigenvalue weighted by atomic mass is 32.2. The molecule has 3 aromatic rings. The number of nitrogens with zero attached hydrogens (tertiary/aromatic N) is 4. The number of rotatable bonds is 7. The summed E-state index contributed by atoms with van der Waals surface area (Å²) >= 11 is 1.31. The van der Waals surface area contributed by atoms with E-state index >= 15 is 0 Å². The summed E-state index contributed by atoms with van der Waals surface area (Å²) in [5.41, 5.74) is 7.72. The Morgan fingerprint density at radius 1 is 1.23 bits per heavy atom. The van der Waals surface area contributed by atoms with E-state index in [0.717, 1.165) is 11.3 Å². The van der Waals surface area contributed by atoms with Crippen LogP contribution in [0, 0.1) is 11.7 Å². The van der Waals surface area contributed by atoms with Gasteiger partial charge in [-0.05, 0) is 43.2 Å². The van der Waals surface area contributed by atoms with Crippen LogP contribution in [0.4, 0.5) is 10.3 Å². The number of halogens is 1. The van der Waals surface area contributed by atoms with Gasteiger partial charge in [-0.2, -0.15) is 4.98 Å². The van der Waals surface area contributed by atoms with E-state index in [1.807, 2.05) is 31.2 Å². The number of aliphatic imine (C=N–C) groups is 1. The van der Waals surface area contributed by atoms with Crippen molar-refractivity contribution in [1.82, 2.24) is 14.8 Å². The van der Waals surface area contributed by atoms with E-state index in [9.17, 15) is 9.18 Å². The molecule has 1 aliphatic heterocycles. The van der Waals surface area contributed by atoms with Gasteiger partial charge in [0.1, 0.15) is 17.5 Å². The third-order valence-electron chi connectivity index (χ3n) is 5.05. The number of nitrogens with two attached hydrogens (primary N) is 1. The number of carbonyl (C=O) groups is 1. The molecule has 0 saturated carbocycles. The Labute approximate surface area is 183 Å². The van der Waals surface area contributed by atoms with E-state index < -0.39 is 17.9 Å². The van der Waals surface area contributed by atoms with Crippen molar-refractivity contribution in [3.8, 4) is 5.75 Å². The zero-order valence-electron chi connectivity index (χ0n) is 17.2. The summed E-state index contributed by atoms with van der Waals surface area (Å²) in [6.45, 7) is 4.25. The lowest BCUT2D eigenvalue weighted by atomic mass is 9.88. The molecule has 0 fully saturated rings. The lowest BCUT2D eigenvalue weighted by Gasteiger charge is -2.29. The first-order valence-electron chi connectivity index (χ1n) is 9.88. The number of hydrogen-bond donors (Lipinski definition) is 1. The van der Waals surface area contributed by atoms with E-state index in [1.54, 1.807) is 29.8 Å². The second-order valence-corrected chi connectivity index (χ2v) is 8.04. The highest BCUT2D eigenvalue weighted by Gasteiger charge is 2.38. The van der Waals surface area contributed by atoms with Crippen molar-refractivity contribution in [2.45, 2.75) is 30.8 Å². The number of aromatic nitrogens is 3. The van der Waals surface area contributed by atoms with Crippen molar-refractivity contribution < 1.29 is 13.9 Å². The van der Waals surface area contributed by atoms with Gasteiger partial charge in [0, 0.05) is 11.5 Å². The summed E-state index contributed by atoms with van der Waals surface area (Å²) in [6.07, 6.45) is 0. The molecule has 7 nitrogen and oxygen atoms in total. The fourth-order valence-corrected chi connectivity index (χ4v) is 4.41. The molecule has 2 aromatic carbocycles. The summed E-state index contributed by atoms with van der Waals surface area (Å²) in [5, 5.41) is 5.03. The fourth-order valence-electron chi connectivity index (χ4n) is 3.60. The third-order valence-corrected chi connectivity index (χ3v) is 5.94. The zero-order valence-corrected chi connectivity index (χ0v) is 18.0. The normalized spacial score (nSPS) is 17.7. The molecule has 160 valence electrons. The van der Waals surface area contributed by atoms with Crippen LogP contribution in [-0.2, 0) is 10.5 Å². The van der Waals surface area contributed by atoms with Crippen molar-refractivity contribution >= 4 is 29.3 Å². The molecule has 2 heterocycles. The summed E-state index contributed by atoms with van der Waals surface area (Å²) in [5.74, 6) is 0.103. The molecule has 0 aliphatic carbocycles. The molecule has 1 aromatic heterocycles. The van der Waals surface area contributed by atoms with Gasteiger partial charge in [0.05, 0.1) is 12.6 Å². The lowest BCUT2D eigenvalue weighted by molar-refractivity contribution is -0.120. The van der Waals surface area contributed by atoms with Gasteiger partial charge in [-0.15, -0.1) is 5.10 Å². The minimum Gasteiger partial charge on any atom is -0.494 e. The van der Waals surface area contributed by atoms with Crippen LogP contribution in [0.25, 0.3) is 0 Å². The highest BCUT2D eigenvalue weighted by molar-refractivity contribution is 7.98. The monoisotopic (exact) mass is 439 g/mol. The molecular formula is C22H22FN5O2S. The Kier molecular flexibility index (Phi) is 6.03. The summed E-state index contributed by atoms with van der Waals surface area (Å²) < 4.78 is 21.1. The molecule has 4 rings (SSSR count). The van der Waals surface area contributed by atoms with Crippen LogP contribution in [0.3, 0.4) is 0 Å². The molecule has 0 radical (unpaired) electrons. The predicted molar refractivity (Wildman–Crippen MR) is 117 cm³/mol. The van der Waals surface area contributed by atoms with E-state index in [4.69, 9.17) is 10.5 Å². The Morgan fingerprint density at radius 3 is 2.65 bits per heavy atom. The first kappa shape index (κ1) is 21.0. The number of fused-ring (bicyclic) bond motifs is 1. The van der Waals surface area contributed by atoms with Gasteiger partial charge in [0.25, 0.3) is 0 Å². The van der Waals surface area contributed by atoms with Crippen molar-refractivity contribution in [3.63, 3.8) is 0 Å². The van der Waals surface area contributed by atoms with Gasteiger partial charge in [-0.25, -0.2) is 14.1 Å². The molecule has 9 heteroatoms. The van der Waals surface area contributed by atoms with Crippen LogP contribution in [-0.4, -0.2) is 33.0 Å². The fraction of sp³-hybridized carbons (Fsp3) is 0.273. The number of carbonyl (C=O) groups excluding carboxylic acids is 1. The maximum Gasteiger partial charge on any atom is 0.249 e. The van der Waals surface area contributed by atoms with E-state index in [-0.39, 0.29) is 5.82 Å². The van der Waals surface area contributed by atoms with Crippen LogP contribution in [0.5, 0.6) is 5.75 Å². The maximum atomic E-state index is 13.9. The number of benzene rings is 2. The maximum absolute atomic E-state index is 13.9. The quantitative estimate of drug-likeness (QED) is 0.563. The van der Waals surface area contributed by atoms with Crippen molar-refractivity contribution in [3.05, 3.63) is 65.5 Å². The van der Waals surface area contributed by atoms with Crippen molar-refractivity contribution in [2.75, 3.05) is 6.61 Å². The van der Waals surface area contributed by atoms with Gasteiger partial charge in [0.2, 0.25) is 17.0 Å². The number of primary amides is 1. The molecule has 0 spiro atoms. The van der Waals surface area contributed by atoms with E-state index in [0.29, 0.717) is 34.7 Å². The summed E-state index contributed by atoms with van der Waals surface area (Å²) in [7, 11) is 0. The Bertz CT molecular complexity index is 1130. The largest absolute Gasteiger partial charge is 0.494 e. The first-order valence-corrected chi connectivity index (χ1v) is 10.9. The lowest BCUT2D eigenvalue weighted by Crippen LogP contribution is -2.39. The Morgan fingerprint density at radius 2 is 1.97 bits per heavy atom. The molecule has 31 heavy (non-hydrogen) atoms. The second kappa shape index (κ2) is 8.89. The average Bonchev–Trinajstić information content (AvgIpc) is 3.15. The molecule has 0 bridgehead atoms. The van der Waals surface area contributed by atoms with Gasteiger partial charge < -0.3 is 10.5 Å². The van der Waals surface area contributed by atoms with Crippen LogP contribution in [0.15, 0.2) is 58.7 Å². The minimum atomic E-state index is -0.656. The zero-order chi connectivity index (χ0) is 22.0. The first-order chi connectivity index (χ1) is 15.0. The molecule has 2 unspecified atom stereocenters. The van der Waals surface area contributed by atoms with Crippen LogP contribution in [0.2, 0.25) is 0 Å². The van der Waals surface area contributed by atoms with Gasteiger partial charge in [-0.1, -0.05) is 42.1 Å². The Hall–Kier alpha value is -3.20. The molecule has 0 saturated heterocycles. The number of hydrogen-bond acceptors (Lipinski definition) is 6. The molecular weight excluding hydrogens is 417 g/mol. The van der Waals surface area contributed by atoms with Gasteiger partial charge in [0.15, 0.2) is 0 Å². The molecule has 1 aliphatic rings. The summed E-state index contributed by atoms with van der Waals surface area (Å²) in [4.78, 5) is 21.2. The standard InChI is InChI=1S/C22H22FN5O2S/c1-3-30-16-10-8-14(9-11-16)19-18(20(24)29)13(2)25-21-26-22(27-28(19)21)31-12-15-6-4-5-7-17(15)23/h4-11,18-19H,3,12H2,1-2H3,(H2,24,29). The number of thioether (sulfide) groups is 1. The molecule has 2 N–H and O–H groups in total. The summed E-state index contributed by atoms with van der Waals surface area (Å²) in [6, 6.07) is 13.6. The number of ether oxygens (including phenoxy) is 1. The topological polar surface area (TPSA) is 95.4 Å². The molecule has 2 atom stereocenters. The van der Waals surface area contributed by atoms with Gasteiger partial charge in [-0.3, -0.25) is 4.79 Å². The third kappa shape index (κ3) is 4.32. The SMILES string of the molecule is CCOc1ccc(C2C(C(N)=O)C(C)=Nc3nc(SCc4ccccc4F)nn32)cc1. The Balaban J connectivity index is 1.67.